The molecule has 2 aliphatic rings. The maximum Gasteiger partial charge on any atom is 0.227 e. The van der Waals surface area contributed by atoms with Crippen LogP contribution in [0.15, 0.2) is 36.9 Å². The van der Waals surface area contributed by atoms with E-state index in [9.17, 15) is 4.79 Å². The minimum atomic E-state index is 0.212. The van der Waals surface area contributed by atoms with Gasteiger partial charge < -0.3 is 9.64 Å². The van der Waals surface area contributed by atoms with Crippen molar-refractivity contribution in [2.24, 2.45) is 0 Å². The van der Waals surface area contributed by atoms with Crippen LogP contribution in [0.5, 0.6) is 5.75 Å². The van der Waals surface area contributed by atoms with E-state index in [1.165, 1.54) is 0 Å². The topological polar surface area (TPSA) is 60.2 Å². The highest BCUT2D eigenvalue weighted by Crippen LogP contribution is 2.40. The predicted molar refractivity (Wildman–Crippen MR) is 88.6 cm³/mol. The Labute approximate surface area is 141 Å². The summed E-state index contributed by atoms with van der Waals surface area (Å²) in [4.78, 5) is 19.1. The van der Waals surface area contributed by atoms with Gasteiger partial charge in [0.15, 0.2) is 0 Å². The maximum absolute atomic E-state index is 12.9. The Hall–Kier alpha value is -2.37. The molecular formula is C18H22N4O2. The van der Waals surface area contributed by atoms with Gasteiger partial charge in [-0.1, -0.05) is 18.2 Å². The zero-order chi connectivity index (χ0) is 16.5. The number of piperidine rings is 1. The molecule has 3 heterocycles. The Morgan fingerprint density at radius 1 is 1.21 bits per heavy atom. The molecule has 0 spiro atoms. The minimum Gasteiger partial charge on any atom is -0.496 e. The predicted octanol–water partition coefficient (Wildman–Crippen LogP) is 2.22. The van der Waals surface area contributed by atoms with Crippen molar-refractivity contribution < 1.29 is 9.53 Å². The number of benzene rings is 1. The van der Waals surface area contributed by atoms with E-state index in [-0.39, 0.29) is 5.91 Å². The van der Waals surface area contributed by atoms with Crippen LogP contribution in [0.4, 0.5) is 0 Å². The van der Waals surface area contributed by atoms with Crippen LogP contribution < -0.4 is 4.74 Å². The number of carbonyl (C=O) groups excluding carboxylic acids is 1. The molecule has 0 saturated carbocycles. The van der Waals surface area contributed by atoms with Crippen molar-refractivity contribution in [3.05, 3.63) is 42.5 Å². The van der Waals surface area contributed by atoms with Crippen LogP contribution in [-0.4, -0.2) is 44.8 Å². The van der Waals surface area contributed by atoms with E-state index in [0.29, 0.717) is 24.5 Å². The molecule has 2 unspecified atom stereocenters. The molecule has 6 heteroatoms. The molecule has 6 nitrogen and oxygen atoms in total. The second kappa shape index (κ2) is 6.26. The van der Waals surface area contributed by atoms with Gasteiger partial charge in [-0.3, -0.25) is 4.79 Å². The summed E-state index contributed by atoms with van der Waals surface area (Å²) in [6, 6.07) is 8.77. The number of rotatable bonds is 4. The van der Waals surface area contributed by atoms with Gasteiger partial charge in [0, 0.05) is 17.6 Å². The third-order valence-electron chi connectivity index (χ3n) is 5.34. The molecule has 2 saturated heterocycles. The number of aromatic nitrogens is 3. The fraction of sp³-hybridized carbons (Fsp3) is 0.500. The number of ether oxygens (including phenoxy) is 1. The Morgan fingerprint density at radius 2 is 1.96 bits per heavy atom. The molecule has 0 N–H and O–H groups in total. The van der Waals surface area contributed by atoms with Gasteiger partial charge in [-0.15, -0.1) is 0 Å². The molecule has 2 atom stereocenters. The third kappa shape index (κ3) is 2.66. The van der Waals surface area contributed by atoms with Crippen LogP contribution in [0.1, 0.15) is 37.3 Å². The summed E-state index contributed by atoms with van der Waals surface area (Å²) in [5, 5.41) is 4.28. The molecule has 4 rings (SSSR count). The smallest absolute Gasteiger partial charge is 0.227 e. The highest BCUT2D eigenvalue weighted by molar-refractivity contribution is 5.80. The van der Waals surface area contributed by atoms with Crippen molar-refractivity contribution in [3.8, 4) is 5.75 Å². The highest BCUT2D eigenvalue weighted by atomic mass is 16.5. The summed E-state index contributed by atoms with van der Waals surface area (Å²) in [6.45, 7) is 0. The molecular weight excluding hydrogens is 304 g/mol. The van der Waals surface area contributed by atoms with E-state index >= 15 is 0 Å². The lowest BCUT2D eigenvalue weighted by molar-refractivity contribution is -0.135. The quantitative estimate of drug-likeness (QED) is 0.864. The fourth-order valence-corrected chi connectivity index (χ4v) is 4.28. The summed E-state index contributed by atoms with van der Waals surface area (Å²) in [5.74, 6) is 1.000. The van der Waals surface area contributed by atoms with Crippen LogP contribution >= 0.6 is 0 Å². The first-order valence-corrected chi connectivity index (χ1v) is 8.53. The van der Waals surface area contributed by atoms with Gasteiger partial charge in [0.2, 0.25) is 5.91 Å². The number of fused-ring (bicyclic) bond motifs is 2. The summed E-state index contributed by atoms with van der Waals surface area (Å²) in [5.41, 5.74) is 0.961. The molecule has 2 fully saturated rings. The Kier molecular flexibility index (Phi) is 3.96. The van der Waals surface area contributed by atoms with E-state index in [0.717, 1.165) is 37.0 Å². The molecule has 0 radical (unpaired) electrons. The first kappa shape index (κ1) is 15.2. The van der Waals surface area contributed by atoms with Crippen molar-refractivity contribution in [3.63, 3.8) is 0 Å². The Balaban J connectivity index is 1.48. The van der Waals surface area contributed by atoms with E-state index < -0.39 is 0 Å². The van der Waals surface area contributed by atoms with Crippen molar-refractivity contribution in [2.45, 2.75) is 50.2 Å². The summed E-state index contributed by atoms with van der Waals surface area (Å²) in [7, 11) is 1.65. The normalized spacial score (nSPS) is 25.7. The second-order valence-electron chi connectivity index (χ2n) is 6.68. The number of methoxy groups -OCH3 is 1. The van der Waals surface area contributed by atoms with Crippen LogP contribution in [0.2, 0.25) is 0 Å². The van der Waals surface area contributed by atoms with Gasteiger partial charge in [0.25, 0.3) is 0 Å². The van der Waals surface area contributed by atoms with E-state index in [4.69, 9.17) is 4.74 Å². The maximum atomic E-state index is 12.9. The van der Waals surface area contributed by atoms with Crippen molar-refractivity contribution in [1.29, 1.82) is 0 Å². The van der Waals surface area contributed by atoms with Crippen molar-refractivity contribution in [1.82, 2.24) is 19.7 Å². The number of carbonyl (C=O) groups is 1. The third-order valence-corrected chi connectivity index (χ3v) is 5.34. The van der Waals surface area contributed by atoms with Crippen LogP contribution in [0.25, 0.3) is 0 Å². The molecule has 126 valence electrons. The molecule has 24 heavy (non-hydrogen) atoms. The average molecular weight is 326 g/mol. The summed E-state index contributed by atoms with van der Waals surface area (Å²) in [6.07, 6.45) is 7.90. The zero-order valence-corrected chi connectivity index (χ0v) is 13.8. The molecule has 2 aliphatic heterocycles. The van der Waals surface area contributed by atoms with Crippen LogP contribution in [0.3, 0.4) is 0 Å². The molecule has 1 aromatic carbocycles. The lowest BCUT2D eigenvalue weighted by Crippen LogP contribution is -2.47. The van der Waals surface area contributed by atoms with E-state index in [1.54, 1.807) is 19.8 Å². The molecule has 1 amide bonds. The average Bonchev–Trinajstić information content (AvgIpc) is 3.22. The van der Waals surface area contributed by atoms with Gasteiger partial charge in [-0.25, -0.2) is 9.67 Å². The highest BCUT2D eigenvalue weighted by Gasteiger charge is 2.43. The van der Waals surface area contributed by atoms with Gasteiger partial charge in [0.05, 0.1) is 19.6 Å². The number of amides is 1. The molecule has 2 bridgehead atoms. The Morgan fingerprint density at radius 3 is 2.62 bits per heavy atom. The van der Waals surface area contributed by atoms with Gasteiger partial charge >= 0.3 is 0 Å². The summed E-state index contributed by atoms with van der Waals surface area (Å²) < 4.78 is 7.33. The number of nitrogens with zero attached hydrogens (tertiary/aromatic N) is 4. The number of hydrogen-bond acceptors (Lipinski definition) is 4. The molecule has 1 aromatic heterocycles. The van der Waals surface area contributed by atoms with E-state index in [2.05, 4.69) is 15.0 Å². The van der Waals surface area contributed by atoms with E-state index in [1.807, 2.05) is 28.9 Å². The number of para-hydroxylation sites is 1. The zero-order valence-electron chi connectivity index (χ0n) is 13.8. The lowest BCUT2D eigenvalue weighted by Gasteiger charge is -2.39. The standard InChI is InChI=1S/C18H22N4O2/c1-24-17-5-3-2-4-13(17)8-18(23)22-14-6-7-15(22)10-16(9-14)21-12-19-11-20-21/h2-5,11-12,14-16H,6-10H2,1H3. The molecule has 0 aliphatic carbocycles. The second-order valence-corrected chi connectivity index (χ2v) is 6.68. The number of hydrogen-bond donors (Lipinski definition) is 0. The first-order valence-electron chi connectivity index (χ1n) is 8.53. The minimum absolute atomic E-state index is 0.212. The van der Waals surface area contributed by atoms with Gasteiger partial charge in [0.1, 0.15) is 18.4 Å². The van der Waals surface area contributed by atoms with Crippen LogP contribution in [0, 0.1) is 0 Å². The van der Waals surface area contributed by atoms with Gasteiger partial charge in [-0.05, 0) is 31.7 Å². The fourth-order valence-electron chi connectivity index (χ4n) is 4.28. The SMILES string of the molecule is COc1ccccc1CC(=O)N1C2CCC1CC(n1cncn1)C2. The largest absolute Gasteiger partial charge is 0.496 e. The van der Waals surface area contributed by atoms with Crippen molar-refractivity contribution >= 4 is 5.91 Å². The van der Waals surface area contributed by atoms with Crippen molar-refractivity contribution in [2.75, 3.05) is 7.11 Å². The monoisotopic (exact) mass is 326 g/mol. The summed E-state index contributed by atoms with van der Waals surface area (Å²) >= 11 is 0. The molecule has 2 aromatic rings. The van der Waals surface area contributed by atoms with Gasteiger partial charge in [-0.2, -0.15) is 5.10 Å². The van der Waals surface area contributed by atoms with Crippen LogP contribution in [-0.2, 0) is 11.2 Å². The Bertz CT molecular complexity index is 702. The lowest BCUT2D eigenvalue weighted by atomic mass is 9.96. The first-order chi connectivity index (χ1) is 11.8.